The van der Waals surface area contributed by atoms with Crippen molar-refractivity contribution in [1.82, 2.24) is 0 Å². The fourth-order valence-corrected chi connectivity index (χ4v) is 2.78. The highest BCUT2D eigenvalue weighted by Gasteiger charge is 2.15. The number of rotatable bonds is 6. The molecule has 88 valence electrons. The minimum Gasteiger partial charge on any atom is -0.378 e. The van der Waals surface area contributed by atoms with Gasteiger partial charge in [0, 0.05) is 19.4 Å². The van der Waals surface area contributed by atoms with Gasteiger partial charge in [-0.15, -0.1) is 0 Å². The molecule has 1 unspecified atom stereocenters. The standard InChI is InChI=1S/C13H18O2S/c14-12(9-11-6-8-16-10-11)3-1-4-13-5-2-7-15-13/h6,8,10,13H,1-5,7,9H2. The molecule has 2 heterocycles. The minimum absolute atomic E-state index is 0.358. The fraction of sp³-hybridized carbons (Fsp3) is 0.615. The molecule has 1 aliphatic heterocycles. The van der Waals surface area contributed by atoms with Gasteiger partial charge in [-0.05, 0) is 48.1 Å². The van der Waals surface area contributed by atoms with Crippen LogP contribution >= 0.6 is 11.3 Å². The molecule has 0 amide bonds. The van der Waals surface area contributed by atoms with E-state index in [4.69, 9.17) is 4.74 Å². The van der Waals surface area contributed by atoms with Crippen molar-refractivity contribution in [1.29, 1.82) is 0 Å². The van der Waals surface area contributed by atoms with Crippen LogP contribution in [0.5, 0.6) is 0 Å². The Kier molecular flexibility index (Phi) is 4.55. The summed E-state index contributed by atoms with van der Waals surface area (Å²) >= 11 is 1.65. The van der Waals surface area contributed by atoms with Gasteiger partial charge in [0.25, 0.3) is 0 Å². The summed E-state index contributed by atoms with van der Waals surface area (Å²) in [6.45, 7) is 0.910. The predicted molar refractivity (Wildman–Crippen MR) is 65.9 cm³/mol. The van der Waals surface area contributed by atoms with E-state index >= 15 is 0 Å². The van der Waals surface area contributed by atoms with Crippen LogP contribution in [0.15, 0.2) is 16.8 Å². The topological polar surface area (TPSA) is 26.3 Å². The minimum atomic E-state index is 0.358. The SMILES string of the molecule is O=C(CCCC1CCCO1)Cc1ccsc1. The molecule has 1 saturated heterocycles. The number of carbonyl (C=O) groups is 1. The number of ether oxygens (including phenoxy) is 1. The van der Waals surface area contributed by atoms with Crippen LogP contribution in [-0.2, 0) is 16.0 Å². The first kappa shape index (κ1) is 11.8. The summed E-state index contributed by atoms with van der Waals surface area (Å²) in [5.74, 6) is 0.358. The molecule has 1 aromatic heterocycles. The first-order chi connectivity index (χ1) is 7.84. The van der Waals surface area contributed by atoms with Gasteiger partial charge in [-0.2, -0.15) is 11.3 Å². The molecule has 0 N–H and O–H groups in total. The van der Waals surface area contributed by atoms with E-state index in [9.17, 15) is 4.79 Å². The van der Waals surface area contributed by atoms with Crippen LogP contribution in [0, 0.1) is 0 Å². The molecule has 0 spiro atoms. The molecular formula is C13H18O2S. The second-order valence-corrected chi connectivity index (χ2v) is 5.15. The molecule has 3 heteroatoms. The highest BCUT2D eigenvalue weighted by atomic mass is 32.1. The molecule has 0 radical (unpaired) electrons. The van der Waals surface area contributed by atoms with Crippen LogP contribution in [0.2, 0.25) is 0 Å². The third-order valence-corrected chi connectivity index (χ3v) is 3.72. The zero-order chi connectivity index (χ0) is 11.2. The molecule has 1 fully saturated rings. The maximum atomic E-state index is 11.6. The molecule has 2 nitrogen and oxygen atoms in total. The average molecular weight is 238 g/mol. The monoisotopic (exact) mass is 238 g/mol. The molecule has 0 bridgehead atoms. The smallest absolute Gasteiger partial charge is 0.137 e. The van der Waals surface area contributed by atoms with Gasteiger partial charge in [0.1, 0.15) is 5.78 Å². The first-order valence-electron chi connectivity index (χ1n) is 5.99. The third kappa shape index (κ3) is 3.72. The highest BCUT2D eigenvalue weighted by Crippen LogP contribution is 2.18. The average Bonchev–Trinajstić information content (AvgIpc) is 2.90. The maximum absolute atomic E-state index is 11.6. The summed E-state index contributed by atoms with van der Waals surface area (Å²) in [5, 5.41) is 4.08. The van der Waals surface area contributed by atoms with E-state index in [1.54, 1.807) is 11.3 Å². The van der Waals surface area contributed by atoms with Crippen molar-refractivity contribution < 1.29 is 9.53 Å². The van der Waals surface area contributed by atoms with E-state index in [0.29, 0.717) is 24.7 Å². The van der Waals surface area contributed by atoms with E-state index in [1.807, 2.05) is 11.4 Å². The zero-order valence-corrected chi connectivity index (χ0v) is 10.3. The Balaban J connectivity index is 1.60. The lowest BCUT2D eigenvalue weighted by molar-refractivity contribution is -0.118. The lowest BCUT2D eigenvalue weighted by atomic mass is 10.0. The normalized spacial score (nSPS) is 20.1. The summed E-state index contributed by atoms with van der Waals surface area (Å²) in [4.78, 5) is 11.6. The van der Waals surface area contributed by atoms with E-state index in [-0.39, 0.29) is 0 Å². The van der Waals surface area contributed by atoms with Gasteiger partial charge in [-0.1, -0.05) is 0 Å². The number of carbonyl (C=O) groups excluding carboxylic acids is 1. The first-order valence-corrected chi connectivity index (χ1v) is 6.93. The number of thiophene rings is 1. The summed E-state index contributed by atoms with van der Waals surface area (Å²) < 4.78 is 5.53. The zero-order valence-electron chi connectivity index (χ0n) is 9.48. The van der Waals surface area contributed by atoms with Crippen molar-refractivity contribution in [2.24, 2.45) is 0 Å². The van der Waals surface area contributed by atoms with E-state index in [1.165, 1.54) is 12.8 Å². The van der Waals surface area contributed by atoms with Crippen LogP contribution in [0.4, 0.5) is 0 Å². The van der Waals surface area contributed by atoms with Gasteiger partial charge in [-0.25, -0.2) is 0 Å². The Labute approximate surface area is 101 Å². The lowest BCUT2D eigenvalue weighted by Gasteiger charge is -2.07. The van der Waals surface area contributed by atoms with Crippen molar-refractivity contribution in [3.05, 3.63) is 22.4 Å². The third-order valence-electron chi connectivity index (χ3n) is 2.99. The molecule has 0 aliphatic carbocycles. The maximum Gasteiger partial charge on any atom is 0.137 e. The van der Waals surface area contributed by atoms with Gasteiger partial charge >= 0.3 is 0 Å². The Morgan fingerprint density at radius 1 is 1.56 bits per heavy atom. The molecule has 0 aromatic carbocycles. The fourth-order valence-electron chi connectivity index (χ4n) is 2.11. The van der Waals surface area contributed by atoms with E-state index < -0.39 is 0 Å². The van der Waals surface area contributed by atoms with E-state index in [2.05, 4.69) is 5.38 Å². The summed E-state index contributed by atoms with van der Waals surface area (Å²) in [5.41, 5.74) is 1.16. The Morgan fingerprint density at radius 2 is 2.50 bits per heavy atom. The summed E-state index contributed by atoms with van der Waals surface area (Å²) in [7, 11) is 0. The van der Waals surface area contributed by atoms with Crippen molar-refractivity contribution in [3.8, 4) is 0 Å². The number of Topliss-reactive ketones (excluding diaryl/α,β-unsaturated/α-hetero) is 1. The Bertz CT molecular complexity index is 313. The quantitative estimate of drug-likeness (QED) is 0.760. The van der Waals surface area contributed by atoms with Crippen molar-refractivity contribution >= 4 is 17.1 Å². The molecule has 1 aliphatic rings. The molecular weight excluding hydrogens is 220 g/mol. The molecule has 1 aromatic rings. The largest absolute Gasteiger partial charge is 0.378 e. The van der Waals surface area contributed by atoms with Crippen LogP contribution in [0.1, 0.15) is 37.7 Å². The van der Waals surface area contributed by atoms with E-state index in [0.717, 1.165) is 25.0 Å². The molecule has 1 atom stereocenters. The van der Waals surface area contributed by atoms with Crippen LogP contribution in [0.25, 0.3) is 0 Å². The second-order valence-electron chi connectivity index (χ2n) is 4.37. The van der Waals surface area contributed by atoms with Crippen molar-refractivity contribution in [2.45, 2.75) is 44.6 Å². The van der Waals surface area contributed by atoms with Gasteiger partial charge in [-0.3, -0.25) is 4.79 Å². The van der Waals surface area contributed by atoms with Crippen LogP contribution < -0.4 is 0 Å². The van der Waals surface area contributed by atoms with Crippen molar-refractivity contribution in [2.75, 3.05) is 6.61 Å². The molecule has 2 rings (SSSR count). The Hall–Kier alpha value is -0.670. The van der Waals surface area contributed by atoms with Gasteiger partial charge in [0.15, 0.2) is 0 Å². The molecule has 0 saturated carbocycles. The van der Waals surface area contributed by atoms with Crippen molar-refractivity contribution in [3.63, 3.8) is 0 Å². The summed E-state index contributed by atoms with van der Waals surface area (Å²) in [6, 6.07) is 2.03. The van der Waals surface area contributed by atoms with Crippen LogP contribution in [0.3, 0.4) is 0 Å². The number of ketones is 1. The van der Waals surface area contributed by atoms with Crippen LogP contribution in [-0.4, -0.2) is 18.5 Å². The highest BCUT2D eigenvalue weighted by molar-refractivity contribution is 7.07. The number of hydrogen-bond acceptors (Lipinski definition) is 3. The predicted octanol–water partition coefficient (Wildman–Crippen LogP) is 3.21. The van der Waals surface area contributed by atoms with Gasteiger partial charge in [0.2, 0.25) is 0 Å². The van der Waals surface area contributed by atoms with Gasteiger partial charge < -0.3 is 4.74 Å². The number of hydrogen-bond donors (Lipinski definition) is 0. The van der Waals surface area contributed by atoms with Gasteiger partial charge in [0.05, 0.1) is 6.10 Å². The second kappa shape index (κ2) is 6.16. The lowest BCUT2D eigenvalue weighted by Crippen LogP contribution is -2.07. The molecule has 16 heavy (non-hydrogen) atoms. The summed E-state index contributed by atoms with van der Waals surface area (Å²) in [6.07, 6.45) is 6.13. The Morgan fingerprint density at radius 3 is 3.19 bits per heavy atom.